The second kappa shape index (κ2) is 8.45. The van der Waals surface area contributed by atoms with Crippen LogP contribution in [0.5, 0.6) is 0 Å². The third kappa shape index (κ3) is 4.29. The van der Waals surface area contributed by atoms with E-state index in [2.05, 4.69) is 15.3 Å². The first-order valence-electron chi connectivity index (χ1n) is 10.3. The van der Waals surface area contributed by atoms with Crippen LogP contribution in [0.1, 0.15) is 42.5 Å². The van der Waals surface area contributed by atoms with Gasteiger partial charge in [0.15, 0.2) is 0 Å². The summed E-state index contributed by atoms with van der Waals surface area (Å²) in [5.74, 6) is 0.946. The van der Waals surface area contributed by atoms with Gasteiger partial charge in [0, 0.05) is 32.0 Å². The summed E-state index contributed by atoms with van der Waals surface area (Å²) in [6, 6.07) is 2.87. The fourth-order valence-electron chi connectivity index (χ4n) is 4.14. The highest BCUT2D eigenvalue weighted by Crippen LogP contribution is 2.36. The molecule has 8 nitrogen and oxygen atoms in total. The van der Waals surface area contributed by atoms with Crippen molar-refractivity contribution < 1.29 is 22.7 Å². The average molecular weight is 450 g/mol. The van der Waals surface area contributed by atoms with Gasteiger partial charge in [0.2, 0.25) is 0 Å². The van der Waals surface area contributed by atoms with E-state index >= 15 is 0 Å². The molecular weight excluding hydrogens is 425 g/mol. The van der Waals surface area contributed by atoms with Crippen molar-refractivity contribution in [2.45, 2.75) is 44.6 Å². The molecule has 3 N–H and O–H groups in total. The van der Waals surface area contributed by atoms with Crippen LogP contribution >= 0.6 is 0 Å². The Kier molecular flexibility index (Phi) is 5.85. The van der Waals surface area contributed by atoms with Crippen LogP contribution in [0.4, 0.5) is 35.3 Å². The number of urea groups is 1. The molecule has 1 fully saturated rings. The fraction of sp³-hybridized carbons (Fsp3) is 0.476. The molecular formula is C21H25F3N6O2. The first-order valence-corrected chi connectivity index (χ1v) is 10.3. The first-order chi connectivity index (χ1) is 15.1. The van der Waals surface area contributed by atoms with Crippen LogP contribution in [-0.2, 0) is 17.5 Å². The maximum Gasteiger partial charge on any atom is 0.416 e. The molecule has 2 aliphatic heterocycles. The van der Waals surface area contributed by atoms with E-state index in [1.807, 2.05) is 0 Å². The number of carbonyl (C=O) groups excluding carboxylic acids is 1. The van der Waals surface area contributed by atoms with E-state index in [4.69, 9.17) is 10.5 Å². The number of carbonyl (C=O) groups is 1. The van der Waals surface area contributed by atoms with Crippen molar-refractivity contribution in [3.8, 4) is 0 Å². The molecule has 172 valence electrons. The van der Waals surface area contributed by atoms with Crippen LogP contribution in [0.2, 0.25) is 0 Å². The predicted molar refractivity (Wildman–Crippen MR) is 113 cm³/mol. The largest absolute Gasteiger partial charge is 0.416 e. The Morgan fingerprint density at radius 2 is 1.94 bits per heavy atom. The summed E-state index contributed by atoms with van der Waals surface area (Å²) in [5, 5.41) is 3.19. The molecule has 0 bridgehead atoms. The summed E-state index contributed by atoms with van der Waals surface area (Å²) in [5.41, 5.74) is 6.04. The van der Waals surface area contributed by atoms with E-state index in [-0.39, 0.29) is 17.8 Å². The maximum absolute atomic E-state index is 13.2. The topological polar surface area (TPSA) is 96.6 Å². The van der Waals surface area contributed by atoms with E-state index in [0.29, 0.717) is 42.5 Å². The number of nitrogens with two attached hydrogens (primary N) is 1. The molecule has 0 unspecified atom stereocenters. The van der Waals surface area contributed by atoms with Gasteiger partial charge in [0.25, 0.3) is 0 Å². The lowest BCUT2D eigenvalue weighted by molar-refractivity contribution is -0.137. The maximum atomic E-state index is 13.2. The lowest BCUT2D eigenvalue weighted by atomic mass is 10.0. The fourth-order valence-corrected chi connectivity index (χ4v) is 4.14. The van der Waals surface area contributed by atoms with E-state index in [9.17, 15) is 18.0 Å². The summed E-state index contributed by atoms with van der Waals surface area (Å²) in [6.45, 7) is 3.23. The van der Waals surface area contributed by atoms with Crippen LogP contribution in [0, 0.1) is 0 Å². The van der Waals surface area contributed by atoms with E-state index < -0.39 is 17.8 Å². The van der Waals surface area contributed by atoms with Crippen LogP contribution < -0.4 is 16.0 Å². The molecule has 11 heteroatoms. The zero-order chi connectivity index (χ0) is 23.0. The van der Waals surface area contributed by atoms with Crippen molar-refractivity contribution in [2.75, 3.05) is 36.2 Å². The zero-order valence-electron chi connectivity index (χ0n) is 17.8. The number of alkyl halides is 3. The Morgan fingerprint density at radius 1 is 1.22 bits per heavy atom. The number of fused-ring (bicyclic) bond motifs is 1. The second-order valence-corrected chi connectivity index (χ2v) is 8.09. The molecule has 0 spiro atoms. The molecule has 0 aliphatic carbocycles. The minimum absolute atomic E-state index is 0.0317. The predicted octanol–water partition coefficient (Wildman–Crippen LogP) is 3.80. The number of nitrogens with one attached hydrogen (secondary N) is 1. The van der Waals surface area contributed by atoms with Gasteiger partial charge < -0.3 is 20.7 Å². The average Bonchev–Trinajstić information content (AvgIpc) is 2.76. The van der Waals surface area contributed by atoms with Gasteiger partial charge in [-0.05, 0) is 43.5 Å². The molecule has 3 heterocycles. The Morgan fingerprint density at radius 3 is 2.62 bits per heavy atom. The van der Waals surface area contributed by atoms with Crippen molar-refractivity contribution in [1.82, 2.24) is 14.9 Å². The number of nitrogens with zero attached hydrogens (tertiary/aromatic N) is 4. The lowest BCUT2D eigenvalue weighted by Gasteiger charge is -2.40. The second-order valence-electron chi connectivity index (χ2n) is 8.09. The summed E-state index contributed by atoms with van der Waals surface area (Å²) in [6.07, 6.45) is -1.68. The molecule has 1 atom stereocenters. The van der Waals surface area contributed by atoms with Crippen molar-refractivity contribution >= 4 is 23.4 Å². The van der Waals surface area contributed by atoms with Gasteiger partial charge in [-0.25, -0.2) is 14.8 Å². The molecule has 0 radical (unpaired) electrons. The number of hydrogen-bond acceptors (Lipinski definition) is 6. The molecule has 1 saturated heterocycles. The number of nitrogen functional groups attached to an aromatic ring is 1. The quantitative estimate of drug-likeness (QED) is 0.688. The summed E-state index contributed by atoms with van der Waals surface area (Å²) < 4.78 is 45.1. The van der Waals surface area contributed by atoms with Gasteiger partial charge in [0.1, 0.15) is 18.0 Å². The van der Waals surface area contributed by atoms with Crippen molar-refractivity contribution in [1.29, 1.82) is 0 Å². The van der Waals surface area contributed by atoms with Crippen molar-refractivity contribution in [2.24, 2.45) is 0 Å². The van der Waals surface area contributed by atoms with Gasteiger partial charge >= 0.3 is 12.2 Å². The van der Waals surface area contributed by atoms with Crippen molar-refractivity contribution in [3.63, 3.8) is 0 Å². The van der Waals surface area contributed by atoms with Gasteiger partial charge in [0.05, 0.1) is 23.7 Å². The molecule has 2 amide bonds. The van der Waals surface area contributed by atoms with Gasteiger partial charge in [-0.1, -0.05) is 0 Å². The number of ether oxygens (including phenoxy) is 1. The number of anilines is 3. The summed E-state index contributed by atoms with van der Waals surface area (Å²) in [7, 11) is 1.65. The molecule has 1 aromatic heterocycles. The number of aromatic nitrogens is 2. The van der Waals surface area contributed by atoms with Gasteiger partial charge in [-0.15, -0.1) is 0 Å². The standard InChI is InChI=1S/C21H25F3N6O2/c1-12(13-7-14(21(22,23)24)9-15(25)8-13)28-18-17-10-30(16-3-5-32-6-4-16)20(31)29(2)19(17)27-11-26-18/h7-9,11-12,16H,3-6,10,25H2,1-2H3,(H,26,27,28)/t12-/m1/s1. The van der Waals surface area contributed by atoms with Crippen LogP contribution in [0.25, 0.3) is 0 Å². The van der Waals surface area contributed by atoms with Crippen LogP contribution in [0.15, 0.2) is 24.5 Å². The SMILES string of the molecule is C[C@@H](Nc1ncnc2c1CN(C1CCOCC1)C(=O)N2C)c1cc(N)cc(C(F)(F)F)c1. The number of amides is 2. The highest BCUT2D eigenvalue weighted by Gasteiger charge is 2.36. The minimum Gasteiger partial charge on any atom is -0.399 e. The Bertz CT molecular complexity index is 1010. The normalized spacial score (nSPS) is 18.5. The number of benzene rings is 1. The first kappa shape index (κ1) is 22.1. The van der Waals surface area contributed by atoms with E-state index in [1.54, 1.807) is 18.9 Å². The zero-order valence-corrected chi connectivity index (χ0v) is 17.8. The molecule has 2 aliphatic rings. The third-order valence-electron chi connectivity index (χ3n) is 5.89. The Balaban J connectivity index is 1.63. The monoisotopic (exact) mass is 450 g/mol. The van der Waals surface area contributed by atoms with Crippen molar-refractivity contribution in [3.05, 3.63) is 41.2 Å². The lowest BCUT2D eigenvalue weighted by Crippen LogP contribution is -2.51. The molecule has 4 rings (SSSR count). The van der Waals surface area contributed by atoms with Crippen LogP contribution in [0.3, 0.4) is 0 Å². The number of halogens is 3. The highest BCUT2D eigenvalue weighted by atomic mass is 19.4. The molecule has 2 aromatic rings. The Labute approximate surface area is 183 Å². The van der Waals surface area contributed by atoms with Gasteiger partial charge in [-0.3, -0.25) is 4.90 Å². The third-order valence-corrected chi connectivity index (χ3v) is 5.89. The summed E-state index contributed by atoms with van der Waals surface area (Å²) >= 11 is 0. The Hall–Kier alpha value is -3.08. The molecule has 1 aromatic carbocycles. The summed E-state index contributed by atoms with van der Waals surface area (Å²) in [4.78, 5) is 24.8. The van der Waals surface area contributed by atoms with Gasteiger partial charge in [-0.2, -0.15) is 13.2 Å². The molecule has 0 saturated carbocycles. The van der Waals surface area contributed by atoms with E-state index in [0.717, 1.165) is 25.0 Å². The smallest absolute Gasteiger partial charge is 0.399 e. The minimum atomic E-state index is -4.49. The van der Waals surface area contributed by atoms with E-state index in [1.165, 1.54) is 17.3 Å². The number of hydrogen-bond donors (Lipinski definition) is 2. The van der Waals surface area contributed by atoms with Crippen LogP contribution in [-0.4, -0.2) is 47.2 Å². The number of rotatable bonds is 4. The highest BCUT2D eigenvalue weighted by molar-refractivity contribution is 5.94. The molecule has 32 heavy (non-hydrogen) atoms.